The summed E-state index contributed by atoms with van der Waals surface area (Å²) in [7, 11) is 0. The maximum absolute atomic E-state index is 5.79. The van der Waals surface area contributed by atoms with Gasteiger partial charge in [0.15, 0.2) is 5.82 Å². The van der Waals surface area contributed by atoms with Crippen molar-refractivity contribution in [1.29, 1.82) is 0 Å². The number of nitrogens with zero attached hydrogens (tertiary/aromatic N) is 4. The van der Waals surface area contributed by atoms with E-state index in [2.05, 4.69) is 28.9 Å². The number of aromatic nitrogens is 4. The normalized spacial score (nSPS) is 10.9. The van der Waals surface area contributed by atoms with E-state index in [4.69, 9.17) is 11.6 Å². The van der Waals surface area contributed by atoms with Gasteiger partial charge in [-0.1, -0.05) is 11.6 Å². The van der Waals surface area contributed by atoms with E-state index in [-0.39, 0.29) is 0 Å². The largest absolute Gasteiger partial charge is 0.270 e. The zero-order valence-corrected chi connectivity index (χ0v) is 9.31. The van der Waals surface area contributed by atoms with Gasteiger partial charge in [0.2, 0.25) is 0 Å². The van der Waals surface area contributed by atoms with Gasteiger partial charge in [0.05, 0.1) is 11.8 Å². The molecular weight excluding hydrogens is 212 g/mol. The molecule has 0 saturated carbocycles. The van der Waals surface area contributed by atoms with E-state index >= 15 is 0 Å². The summed E-state index contributed by atoms with van der Waals surface area (Å²) in [5.41, 5.74) is 0.881. The maximum atomic E-state index is 5.79. The zero-order chi connectivity index (χ0) is 10.8. The van der Waals surface area contributed by atoms with Crippen LogP contribution >= 0.6 is 11.6 Å². The fourth-order valence-electron chi connectivity index (χ4n) is 1.21. The van der Waals surface area contributed by atoms with E-state index in [1.54, 1.807) is 18.5 Å². The lowest BCUT2D eigenvalue weighted by Crippen LogP contribution is -1.99. The van der Waals surface area contributed by atoms with Crippen LogP contribution in [-0.2, 0) is 0 Å². The van der Waals surface area contributed by atoms with Crippen LogP contribution in [-0.4, -0.2) is 19.7 Å². The SMILES string of the molecule is CC(C)n1cc(-c2nccc(Cl)n2)cn1. The summed E-state index contributed by atoms with van der Waals surface area (Å²) in [5, 5.41) is 4.66. The molecule has 2 aromatic rings. The summed E-state index contributed by atoms with van der Waals surface area (Å²) in [6.07, 6.45) is 5.29. The summed E-state index contributed by atoms with van der Waals surface area (Å²) >= 11 is 5.79. The average Bonchev–Trinajstić information content (AvgIpc) is 2.66. The number of halogens is 1. The molecule has 0 aliphatic carbocycles. The molecule has 0 unspecified atom stereocenters. The molecule has 0 saturated heterocycles. The minimum atomic E-state index is 0.331. The summed E-state index contributed by atoms with van der Waals surface area (Å²) in [6, 6.07) is 1.98. The first-order valence-electron chi connectivity index (χ1n) is 4.70. The molecule has 0 atom stereocenters. The first-order valence-corrected chi connectivity index (χ1v) is 5.07. The Bertz CT molecular complexity index is 464. The second-order valence-electron chi connectivity index (χ2n) is 3.51. The van der Waals surface area contributed by atoms with Crippen LogP contribution in [0.2, 0.25) is 5.15 Å². The van der Waals surface area contributed by atoms with E-state index in [0.29, 0.717) is 17.0 Å². The van der Waals surface area contributed by atoms with E-state index in [9.17, 15) is 0 Å². The third kappa shape index (κ3) is 2.15. The standard InChI is InChI=1S/C10H11ClN4/c1-7(2)15-6-8(5-13-15)10-12-4-3-9(11)14-10/h3-7H,1-2H3. The van der Waals surface area contributed by atoms with E-state index in [1.807, 2.05) is 10.9 Å². The Morgan fingerprint density at radius 1 is 1.40 bits per heavy atom. The van der Waals surface area contributed by atoms with Crippen molar-refractivity contribution in [2.75, 3.05) is 0 Å². The molecule has 0 fully saturated rings. The van der Waals surface area contributed by atoms with Crippen LogP contribution in [0.4, 0.5) is 0 Å². The molecule has 15 heavy (non-hydrogen) atoms. The summed E-state index contributed by atoms with van der Waals surface area (Å²) in [5.74, 6) is 0.606. The highest BCUT2D eigenvalue weighted by molar-refractivity contribution is 6.29. The number of hydrogen-bond acceptors (Lipinski definition) is 3. The molecule has 5 heteroatoms. The van der Waals surface area contributed by atoms with E-state index < -0.39 is 0 Å². The third-order valence-corrected chi connectivity index (χ3v) is 2.22. The summed E-state index contributed by atoms with van der Waals surface area (Å²) in [4.78, 5) is 8.25. The van der Waals surface area contributed by atoms with Gasteiger partial charge in [-0.2, -0.15) is 5.10 Å². The summed E-state index contributed by atoms with van der Waals surface area (Å²) in [6.45, 7) is 4.13. The van der Waals surface area contributed by atoms with Crippen molar-refractivity contribution < 1.29 is 0 Å². The molecule has 2 aromatic heterocycles. The second-order valence-corrected chi connectivity index (χ2v) is 3.89. The molecular formula is C10H11ClN4. The molecule has 2 heterocycles. The molecule has 2 rings (SSSR count). The summed E-state index contributed by atoms with van der Waals surface area (Å²) < 4.78 is 1.86. The lowest BCUT2D eigenvalue weighted by atomic mass is 10.3. The Balaban J connectivity index is 2.37. The fraction of sp³-hybridized carbons (Fsp3) is 0.300. The Morgan fingerprint density at radius 2 is 2.20 bits per heavy atom. The minimum Gasteiger partial charge on any atom is -0.270 e. The molecule has 0 aromatic carbocycles. The van der Waals surface area contributed by atoms with Crippen LogP contribution in [0.1, 0.15) is 19.9 Å². The van der Waals surface area contributed by atoms with Gasteiger partial charge < -0.3 is 0 Å². The van der Waals surface area contributed by atoms with Crippen molar-refractivity contribution in [2.24, 2.45) is 0 Å². The van der Waals surface area contributed by atoms with Gasteiger partial charge in [0.25, 0.3) is 0 Å². The zero-order valence-electron chi connectivity index (χ0n) is 8.55. The van der Waals surface area contributed by atoms with Crippen LogP contribution in [0.25, 0.3) is 11.4 Å². The van der Waals surface area contributed by atoms with Gasteiger partial charge in [0, 0.05) is 18.4 Å². The molecule has 0 radical (unpaired) electrons. The van der Waals surface area contributed by atoms with Crippen LogP contribution < -0.4 is 0 Å². The highest BCUT2D eigenvalue weighted by Gasteiger charge is 2.06. The van der Waals surface area contributed by atoms with Crippen LogP contribution in [0.15, 0.2) is 24.7 Å². The fourth-order valence-corrected chi connectivity index (χ4v) is 1.35. The van der Waals surface area contributed by atoms with Crippen molar-refractivity contribution in [2.45, 2.75) is 19.9 Å². The molecule has 0 bridgehead atoms. The minimum absolute atomic E-state index is 0.331. The maximum Gasteiger partial charge on any atom is 0.163 e. The quantitative estimate of drug-likeness (QED) is 0.734. The third-order valence-electron chi connectivity index (χ3n) is 2.01. The smallest absolute Gasteiger partial charge is 0.163 e. The first-order chi connectivity index (χ1) is 7.16. The lowest BCUT2D eigenvalue weighted by Gasteiger charge is -2.02. The van der Waals surface area contributed by atoms with E-state index in [1.165, 1.54) is 0 Å². The number of rotatable bonds is 2. The average molecular weight is 223 g/mol. The molecule has 4 nitrogen and oxygen atoms in total. The number of hydrogen-bond donors (Lipinski definition) is 0. The van der Waals surface area contributed by atoms with Crippen molar-refractivity contribution in [3.05, 3.63) is 29.8 Å². The molecule has 0 aliphatic heterocycles. The topological polar surface area (TPSA) is 43.6 Å². The van der Waals surface area contributed by atoms with Crippen molar-refractivity contribution >= 4 is 11.6 Å². The van der Waals surface area contributed by atoms with Gasteiger partial charge in [-0.15, -0.1) is 0 Å². The van der Waals surface area contributed by atoms with Gasteiger partial charge in [-0.25, -0.2) is 9.97 Å². The van der Waals surface area contributed by atoms with Gasteiger partial charge >= 0.3 is 0 Å². The van der Waals surface area contributed by atoms with Crippen LogP contribution in [0.3, 0.4) is 0 Å². The van der Waals surface area contributed by atoms with Crippen LogP contribution in [0, 0.1) is 0 Å². The Hall–Kier alpha value is -1.42. The molecule has 0 N–H and O–H groups in total. The van der Waals surface area contributed by atoms with Crippen molar-refractivity contribution in [1.82, 2.24) is 19.7 Å². The molecule has 78 valence electrons. The van der Waals surface area contributed by atoms with Gasteiger partial charge in [0.1, 0.15) is 5.15 Å². The lowest BCUT2D eigenvalue weighted by molar-refractivity contribution is 0.532. The monoisotopic (exact) mass is 222 g/mol. The van der Waals surface area contributed by atoms with Gasteiger partial charge in [-0.3, -0.25) is 4.68 Å². The first kappa shape index (κ1) is 10.1. The Morgan fingerprint density at radius 3 is 2.80 bits per heavy atom. The van der Waals surface area contributed by atoms with Crippen LogP contribution in [0.5, 0.6) is 0 Å². The molecule has 0 spiro atoms. The second kappa shape index (κ2) is 3.98. The predicted octanol–water partition coefficient (Wildman–Crippen LogP) is 2.57. The molecule has 0 aliphatic rings. The highest BCUT2D eigenvalue weighted by atomic mass is 35.5. The molecule has 0 amide bonds. The van der Waals surface area contributed by atoms with E-state index in [0.717, 1.165) is 5.56 Å². The van der Waals surface area contributed by atoms with Gasteiger partial charge in [-0.05, 0) is 19.9 Å². The predicted molar refractivity (Wildman–Crippen MR) is 58.6 cm³/mol. The van der Waals surface area contributed by atoms with Crippen molar-refractivity contribution in [3.63, 3.8) is 0 Å². The Kier molecular flexibility index (Phi) is 2.68. The van der Waals surface area contributed by atoms with Crippen molar-refractivity contribution in [3.8, 4) is 11.4 Å². The highest BCUT2D eigenvalue weighted by Crippen LogP contribution is 2.16. The Labute approximate surface area is 92.9 Å².